The number of hydrogen-bond donors (Lipinski definition) is 1. The van der Waals surface area contributed by atoms with Gasteiger partial charge in [0.15, 0.2) is 6.61 Å². The Morgan fingerprint density at radius 1 is 1.27 bits per heavy atom. The Bertz CT molecular complexity index is 615. The van der Waals surface area contributed by atoms with E-state index in [4.69, 9.17) is 9.47 Å². The van der Waals surface area contributed by atoms with Gasteiger partial charge in [0, 0.05) is 13.7 Å². The first-order chi connectivity index (χ1) is 10.2. The number of amides is 1. The van der Waals surface area contributed by atoms with Crippen LogP contribution in [0.1, 0.15) is 0 Å². The molecule has 0 fully saturated rings. The van der Waals surface area contributed by atoms with E-state index >= 15 is 0 Å². The number of rotatable bonds is 7. The first kappa shape index (κ1) is 18.2. The maximum absolute atomic E-state index is 12.6. The molecule has 0 aliphatic rings. The molecule has 22 heavy (non-hydrogen) atoms. The predicted octanol–water partition coefficient (Wildman–Crippen LogP) is 1.12. The number of carbonyl (C=O) groups is 1. The van der Waals surface area contributed by atoms with Crippen LogP contribution in [0.15, 0.2) is 29.2 Å². The van der Waals surface area contributed by atoms with Crippen molar-refractivity contribution in [2.24, 2.45) is 0 Å². The summed E-state index contributed by atoms with van der Waals surface area (Å²) in [6, 6.07) is 4.24. The summed E-state index contributed by atoms with van der Waals surface area (Å²) in [6.45, 7) is -0.167. The quantitative estimate of drug-likeness (QED) is 0.752. The number of carbonyl (C=O) groups excluding carboxylic acids is 1. The zero-order valence-electron chi connectivity index (χ0n) is 11.5. The molecule has 6 nitrogen and oxygen atoms in total. The van der Waals surface area contributed by atoms with Crippen LogP contribution in [0.4, 0.5) is 13.2 Å². The molecule has 1 N–H and O–H groups in total. The van der Waals surface area contributed by atoms with Crippen LogP contribution >= 0.6 is 0 Å². The van der Waals surface area contributed by atoms with Crippen molar-refractivity contribution in [2.75, 3.05) is 26.9 Å². The Labute approximate surface area is 125 Å². The SMILES string of the molecule is COCCNC(=O)COc1ccccc1S(=O)(=O)C(F)(F)F. The van der Waals surface area contributed by atoms with Crippen molar-refractivity contribution in [1.82, 2.24) is 5.32 Å². The fraction of sp³-hybridized carbons (Fsp3) is 0.417. The third kappa shape index (κ3) is 4.60. The molecule has 0 unspecified atom stereocenters. The van der Waals surface area contributed by atoms with Gasteiger partial charge in [0.2, 0.25) is 0 Å². The minimum Gasteiger partial charge on any atom is -0.482 e. The van der Waals surface area contributed by atoms with Gasteiger partial charge in [-0.1, -0.05) is 12.1 Å². The molecule has 1 amide bonds. The molecular weight excluding hydrogens is 327 g/mol. The van der Waals surface area contributed by atoms with Gasteiger partial charge in [-0.15, -0.1) is 0 Å². The highest BCUT2D eigenvalue weighted by Gasteiger charge is 2.48. The summed E-state index contributed by atoms with van der Waals surface area (Å²) in [7, 11) is -4.12. The van der Waals surface area contributed by atoms with Gasteiger partial charge in [-0.25, -0.2) is 8.42 Å². The van der Waals surface area contributed by atoms with Crippen molar-refractivity contribution in [1.29, 1.82) is 0 Å². The van der Waals surface area contributed by atoms with Crippen LogP contribution in [0, 0.1) is 0 Å². The van der Waals surface area contributed by atoms with E-state index in [1.165, 1.54) is 13.2 Å². The number of halogens is 3. The molecule has 0 aliphatic carbocycles. The number of ether oxygens (including phenoxy) is 2. The molecule has 1 aromatic rings. The second kappa shape index (κ2) is 7.45. The Balaban J connectivity index is 2.84. The summed E-state index contributed by atoms with van der Waals surface area (Å²) in [5.41, 5.74) is -5.45. The Hall–Kier alpha value is -1.81. The van der Waals surface area contributed by atoms with Gasteiger partial charge in [-0.3, -0.25) is 4.79 Å². The third-order valence-corrected chi connectivity index (χ3v) is 3.96. The fourth-order valence-electron chi connectivity index (χ4n) is 1.40. The number of benzene rings is 1. The molecule has 0 saturated heterocycles. The molecule has 0 radical (unpaired) electrons. The molecule has 0 saturated carbocycles. The minimum absolute atomic E-state index is 0.196. The second-order valence-electron chi connectivity index (χ2n) is 4.03. The Morgan fingerprint density at radius 2 is 1.91 bits per heavy atom. The number of nitrogens with one attached hydrogen (secondary N) is 1. The highest BCUT2D eigenvalue weighted by atomic mass is 32.2. The monoisotopic (exact) mass is 341 g/mol. The van der Waals surface area contributed by atoms with Crippen molar-refractivity contribution in [2.45, 2.75) is 10.4 Å². The number of sulfone groups is 1. The van der Waals surface area contributed by atoms with Gasteiger partial charge in [0.1, 0.15) is 10.6 Å². The molecule has 0 spiro atoms. The van der Waals surface area contributed by atoms with E-state index in [-0.39, 0.29) is 13.2 Å². The summed E-state index contributed by atoms with van der Waals surface area (Å²) < 4.78 is 70.1. The molecular formula is C12H14F3NO5S. The highest BCUT2D eigenvalue weighted by Crippen LogP contribution is 2.35. The lowest BCUT2D eigenvalue weighted by atomic mass is 10.3. The smallest absolute Gasteiger partial charge is 0.482 e. The van der Waals surface area contributed by atoms with Gasteiger partial charge in [0.25, 0.3) is 15.7 Å². The van der Waals surface area contributed by atoms with Crippen LogP contribution in [0.2, 0.25) is 0 Å². The van der Waals surface area contributed by atoms with E-state index in [2.05, 4.69) is 5.32 Å². The van der Waals surface area contributed by atoms with Crippen LogP contribution < -0.4 is 10.1 Å². The summed E-state index contributed by atoms with van der Waals surface area (Å²) in [5, 5.41) is 2.38. The molecule has 0 atom stereocenters. The lowest BCUT2D eigenvalue weighted by Crippen LogP contribution is -2.32. The lowest BCUT2D eigenvalue weighted by Gasteiger charge is -2.13. The zero-order chi connectivity index (χ0) is 16.8. The third-order valence-electron chi connectivity index (χ3n) is 2.43. The topological polar surface area (TPSA) is 81.7 Å². The summed E-state index contributed by atoms with van der Waals surface area (Å²) in [4.78, 5) is 10.4. The standard InChI is InChI=1S/C12H14F3NO5S/c1-20-7-6-16-11(17)8-21-9-4-2-3-5-10(9)22(18,19)12(13,14)15/h2-5H,6-8H2,1H3,(H,16,17). The van der Waals surface area contributed by atoms with E-state index in [0.29, 0.717) is 0 Å². The number of methoxy groups -OCH3 is 1. The van der Waals surface area contributed by atoms with E-state index in [1.807, 2.05) is 0 Å². The van der Waals surface area contributed by atoms with Gasteiger partial charge in [-0.2, -0.15) is 13.2 Å². The van der Waals surface area contributed by atoms with Gasteiger partial charge in [-0.05, 0) is 12.1 Å². The van der Waals surface area contributed by atoms with E-state index in [9.17, 15) is 26.4 Å². The largest absolute Gasteiger partial charge is 0.502 e. The van der Waals surface area contributed by atoms with Gasteiger partial charge in [0.05, 0.1) is 6.61 Å². The highest BCUT2D eigenvalue weighted by molar-refractivity contribution is 7.92. The first-order valence-electron chi connectivity index (χ1n) is 5.99. The predicted molar refractivity (Wildman–Crippen MR) is 70.1 cm³/mol. The first-order valence-corrected chi connectivity index (χ1v) is 7.47. The number of para-hydroxylation sites is 1. The average Bonchev–Trinajstić information content (AvgIpc) is 2.44. The zero-order valence-corrected chi connectivity index (χ0v) is 12.3. The van der Waals surface area contributed by atoms with Crippen LogP contribution in [-0.2, 0) is 19.4 Å². The van der Waals surface area contributed by atoms with Crippen LogP contribution in [0.3, 0.4) is 0 Å². The molecule has 0 aromatic heterocycles. The van der Waals surface area contributed by atoms with E-state index < -0.39 is 38.5 Å². The normalized spacial score (nSPS) is 12.0. The fourth-order valence-corrected chi connectivity index (χ4v) is 2.30. The van der Waals surface area contributed by atoms with Gasteiger partial charge >= 0.3 is 5.51 Å². The van der Waals surface area contributed by atoms with Crippen molar-refractivity contribution in [3.05, 3.63) is 24.3 Å². The van der Waals surface area contributed by atoms with E-state index in [0.717, 1.165) is 18.2 Å². The number of hydrogen-bond acceptors (Lipinski definition) is 5. The van der Waals surface area contributed by atoms with Crippen molar-refractivity contribution in [3.8, 4) is 5.75 Å². The lowest BCUT2D eigenvalue weighted by molar-refractivity contribution is -0.123. The van der Waals surface area contributed by atoms with Crippen LogP contribution in [0.5, 0.6) is 5.75 Å². The maximum atomic E-state index is 12.6. The summed E-state index contributed by atoms with van der Waals surface area (Å²) in [6.07, 6.45) is 0. The van der Waals surface area contributed by atoms with Gasteiger partial charge < -0.3 is 14.8 Å². The van der Waals surface area contributed by atoms with E-state index in [1.54, 1.807) is 0 Å². The summed E-state index contributed by atoms with van der Waals surface area (Å²) in [5.74, 6) is -1.15. The number of alkyl halides is 3. The molecule has 1 aromatic carbocycles. The maximum Gasteiger partial charge on any atom is 0.502 e. The molecule has 0 aliphatic heterocycles. The van der Waals surface area contributed by atoms with Crippen LogP contribution in [0.25, 0.3) is 0 Å². The molecule has 0 bridgehead atoms. The molecule has 10 heteroatoms. The average molecular weight is 341 g/mol. The van der Waals surface area contributed by atoms with Crippen LogP contribution in [-0.4, -0.2) is 46.7 Å². The minimum atomic E-state index is -5.55. The van der Waals surface area contributed by atoms with Crippen molar-refractivity contribution in [3.63, 3.8) is 0 Å². The Morgan fingerprint density at radius 3 is 2.50 bits per heavy atom. The second-order valence-corrected chi connectivity index (χ2v) is 5.94. The van der Waals surface area contributed by atoms with Crippen molar-refractivity contribution < 1.29 is 35.9 Å². The molecule has 0 heterocycles. The molecule has 1 rings (SSSR count). The molecule has 124 valence electrons. The summed E-state index contributed by atoms with van der Waals surface area (Å²) >= 11 is 0. The van der Waals surface area contributed by atoms with Crippen molar-refractivity contribution >= 4 is 15.7 Å². The Kier molecular flexibility index (Phi) is 6.18.